The van der Waals surface area contributed by atoms with Crippen LogP contribution in [0.25, 0.3) is 0 Å². The topological polar surface area (TPSA) is 93.5 Å². The van der Waals surface area contributed by atoms with E-state index in [1.807, 2.05) is 24.3 Å². The number of hydrogen-bond donors (Lipinski definition) is 3. The number of nitrogens with two attached hydrogens (primary N) is 2. The van der Waals surface area contributed by atoms with Crippen molar-refractivity contribution < 1.29 is 4.79 Å². The number of aliphatic imine (C=N–C) groups is 1. The van der Waals surface area contributed by atoms with Crippen molar-refractivity contribution in [1.29, 1.82) is 0 Å². The van der Waals surface area contributed by atoms with Crippen molar-refractivity contribution in [3.63, 3.8) is 0 Å². The van der Waals surface area contributed by atoms with Crippen molar-refractivity contribution in [1.82, 2.24) is 0 Å². The first-order chi connectivity index (χ1) is 12.2. The fourth-order valence-electron chi connectivity index (χ4n) is 2.11. The average molecular weight is 334 g/mol. The first-order valence-electron chi connectivity index (χ1n) is 7.98. The van der Waals surface area contributed by atoms with E-state index in [1.54, 1.807) is 30.5 Å². The zero-order valence-electron chi connectivity index (χ0n) is 13.9. The number of nitrogen functional groups attached to an aromatic ring is 1. The fourth-order valence-corrected chi connectivity index (χ4v) is 2.11. The smallest absolute Gasteiger partial charge is 0.248 e. The van der Waals surface area contributed by atoms with Gasteiger partial charge in [-0.05, 0) is 30.2 Å². The van der Waals surface area contributed by atoms with Gasteiger partial charge in [-0.2, -0.15) is 0 Å². The van der Waals surface area contributed by atoms with Crippen molar-refractivity contribution in [2.45, 2.75) is 6.42 Å². The van der Waals surface area contributed by atoms with E-state index < -0.39 is 0 Å². The number of para-hydroxylation sites is 2. The highest BCUT2D eigenvalue weighted by atomic mass is 16.1. The lowest BCUT2D eigenvalue weighted by molar-refractivity contribution is -0.111. The maximum Gasteiger partial charge on any atom is 0.248 e. The zero-order valence-corrected chi connectivity index (χ0v) is 13.9. The summed E-state index contributed by atoms with van der Waals surface area (Å²) in [6, 6.07) is 17.2. The largest absolute Gasteiger partial charge is 0.404 e. The Morgan fingerprint density at radius 2 is 1.76 bits per heavy atom. The van der Waals surface area contributed by atoms with Crippen LogP contribution >= 0.6 is 0 Å². The zero-order chi connectivity index (χ0) is 17.9. The molecule has 0 saturated carbocycles. The van der Waals surface area contributed by atoms with Gasteiger partial charge in [0.15, 0.2) is 0 Å². The summed E-state index contributed by atoms with van der Waals surface area (Å²) in [6.45, 7) is 0.655. The summed E-state index contributed by atoms with van der Waals surface area (Å²) in [7, 11) is 0. The summed E-state index contributed by atoms with van der Waals surface area (Å²) in [6.07, 6.45) is 6.93. The molecule has 0 spiro atoms. The Kier molecular flexibility index (Phi) is 7.00. The van der Waals surface area contributed by atoms with Crippen LogP contribution < -0.4 is 16.8 Å². The Morgan fingerprint density at radius 1 is 1.04 bits per heavy atom. The maximum absolute atomic E-state index is 11.9. The number of nitrogens with zero attached hydrogens (tertiary/aromatic N) is 1. The van der Waals surface area contributed by atoms with Crippen LogP contribution in [0.5, 0.6) is 0 Å². The molecule has 2 aromatic carbocycles. The molecule has 0 aliphatic carbocycles. The normalized spacial score (nSPS) is 11.9. The number of carbonyl (C=O) groups is 1. The van der Waals surface area contributed by atoms with Crippen LogP contribution in [-0.4, -0.2) is 18.7 Å². The molecule has 5 heteroatoms. The molecule has 5 N–H and O–H groups in total. The lowest BCUT2D eigenvalue weighted by atomic mass is 10.1. The predicted octanol–water partition coefficient (Wildman–Crippen LogP) is 2.92. The van der Waals surface area contributed by atoms with E-state index in [1.165, 1.54) is 17.8 Å². The molecule has 0 unspecified atom stereocenters. The quantitative estimate of drug-likeness (QED) is 0.314. The van der Waals surface area contributed by atoms with Crippen molar-refractivity contribution in [3.05, 3.63) is 84.1 Å². The minimum absolute atomic E-state index is 0.282. The van der Waals surface area contributed by atoms with Crippen molar-refractivity contribution >= 4 is 23.5 Å². The molecule has 0 aromatic heterocycles. The van der Waals surface area contributed by atoms with Crippen LogP contribution in [0, 0.1) is 0 Å². The maximum atomic E-state index is 11.9. The molecule has 25 heavy (non-hydrogen) atoms. The van der Waals surface area contributed by atoms with Gasteiger partial charge in [0.05, 0.1) is 11.4 Å². The van der Waals surface area contributed by atoms with Gasteiger partial charge in [0.25, 0.3) is 0 Å². The molecule has 2 aromatic rings. The second kappa shape index (κ2) is 9.72. The van der Waals surface area contributed by atoms with Gasteiger partial charge in [-0.1, -0.05) is 42.5 Å². The summed E-state index contributed by atoms with van der Waals surface area (Å²) < 4.78 is 0. The molecule has 128 valence electrons. The molecular formula is C20H22N4O. The fraction of sp³-hybridized carbons (Fsp3) is 0.100. The highest BCUT2D eigenvalue weighted by molar-refractivity contribution is 6.02. The van der Waals surface area contributed by atoms with Gasteiger partial charge < -0.3 is 16.8 Å². The summed E-state index contributed by atoms with van der Waals surface area (Å²) in [5.41, 5.74) is 14.3. The Labute approximate surface area is 147 Å². The number of benzene rings is 2. The first kappa shape index (κ1) is 18.0. The molecule has 5 nitrogen and oxygen atoms in total. The molecule has 0 bridgehead atoms. The Balaban J connectivity index is 1.84. The number of amides is 1. The Morgan fingerprint density at radius 3 is 2.48 bits per heavy atom. The first-order valence-corrected chi connectivity index (χ1v) is 7.98. The lowest BCUT2D eigenvalue weighted by Gasteiger charge is -2.04. The summed E-state index contributed by atoms with van der Waals surface area (Å²) in [5.74, 6) is -0.282. The van der Waals surface area contributed by atoms with Gasteiger partial charge in [-0.15, -0.1) is 0 Å². The monoisotopic (exact) mass is 334 g/mol. The third-order valence-corrected chi connectivity index (χ3v) is 3.45. The SMILES string of the molecule is NC=C(C=NCCc1ccccc1)/C=C/C(=O)Nc1ccccc1N. The van der Waals surface area contributed by atoms with Crippen LogP contribution in [0.3, 0.4) is 0 Å². The van der Waals surface area contributed by atoms with Gasteiger partial charge in [0, 0.05) is 30.6 Å². The molecule has 1 amide bonds. The number of hydrogen-bond acceptors (Lipinski definition) is 4. The third kappa shape index (κ3) is 6.35. The number of allylic oxidation sites excluding steroid dienone is 2. The molecule has 0 aliphatic rings. The van der Waals surface area contributed by atoms with Crippen LogP contribution in [0.4, 0.5) is 11.4 Å². The second-order valence-electron chi connectivity index (χ2n) is 5.35. The van der Waals surface area contributed by atoms with Crippen molar-refractivity contribution in [3.8, 4) is 0 Å². The number of rotatable bonds is 7. The van der Waals surface area contributed by atoms with Crippen molar-refractivity contribution in [2.75, 3.05) is 17.6 Å². The third-order valence-electron chi connectivity index (χ3n) is 3.45. The van der Waals surface area contributed by atoms with E-state index in [4.69, 9.17) is 11.5 Å². The molecule has 0 radical (unpaired) electrons. The summed E-state index contributed by atoms with van der Waals surface area (Å²) in [4.78, 5) is 16.3. The van der Waals surface area contributed by atoms with Crippen molar-refractivity contribution in [2.24, 2.45) is 10.7 Å². The lowest BCUT2D eigenvalue weighted by Crippen LogP contribution is -2.09. The van der Waals surface area contributed by atoms with Crippen LogP contribution in [0.2, 0.25) is 0 Å². The highest BCUT2D eigenvalue weighted by Crippen LogP contribution is 2.16. The highest BCUT2D eigenvalue weighted by Gasteiger charge is 2.00. The molecule has 2 rings (SSSR count). The van der Waals surface area contributed by atoms with E-state index in [2.05, 4.69) is 22.4 Å². The summed E-state index contributed by atoms with van der Waals surface area (Å²) >= 11 is 0. The van der Waals surface area contributed by atoms with E-state index in [9.17, 15) is 4.79 Å². The molecule has 0 fully saturated rings. The number of carbonyl (C=O) groups excluding carboxylic acids is 1. The molecule has 0 saturated heterocycles. The Hall–Kier alpha value is -3.34. The van der Waals surface area contributed by atoms with E-state index in [0.717, 1.165) is 6.42 Å². The Bertz CT molecular complexity index is 779. The molecule has 0 atom stereocenters. The van der Waals surface area contributed by atoms with Gasteiger partial charge in [-0.25, -0.2) is 0 Å². The minimum Gasteiger partial charge on any atom is -0.404 e. The van der Waals surface area contributed by atoms with Gasteiger partial charge >= 0.3 is 0 Å². The van der Waals surface area contributed by atoms with Crippen LogP contribution in [0.1, 0.15) is 5.56 Å². The average Bonchev–Trinajstić information content (AvgIpc) is 2.64. The van der Waals surface area contributed by atoms with E-state index >= 15 is 0 Å². The second-order valence-corrected chi connectivity index (χ2v) is 5.35. The molecule has 0 heterocycles. The molecule has 0 aliphatic heterocycles. The van der Waals surface area contributed by atoms with Crippen LogP contribution in [-0.2, 0) is 11.2 Å². The number of nitrogens with one attached hydrogen (secondary N) is 1. The molecular weight excluding hydrogens is 312 g/mol. The minimum atomic E-state index is -0.282. The predicted molar refractivity (Wildman–Crippen MR) is 104 cm³/mol. The van der Waals surface area contributed by atoms with Gasteiger partial charge in [0.2, 0.25) is 5.91 Å². The van der Waals surface area contributed by atoms with Gasteiger partial charge in [0.1, 0.15) is 0 Å². The van der Waals surface area contributed by atoms with E-state index in [0.29, 0.717) is 23.5 Å². The standard InChI is InChI=1S/C20H22N4O/c21-14-17(15-23-13-12-16-6-2-1-3-7-16)10-11-20(25)24-19-9-5-4-8-18(19)22/h1-11,14-15H,12-13,21-22H2,(H,24,25)/b11-10+,17-14?,23-15?. The summed E-state index contributed by atoms with van der Waals surface area (Å²) in [5, 5.41) is 2.72. The van der Waals surface area contributed by atoms with Crippen LogP contribution in [0.15, 0.2) is 83.5 Å². The van der Waals surface area contributed by atoms with E-state index in [-0.39, 0.29) is 5.91 Å². The number of anilines is 2. The van der Waals surface area contributed by atoms with Gasteiger partial charge in [-0.3, -0.25) is 9.79 Å².